The lowest BCUT2D eigenvalue weighted by molar-refractivity contribution is -0.120. The van der Waals surface area contributed by atoms with Crippen LogP contribution >= 0.6 is 16.0 Å². The summed E-state index contributed by atoms with van der Waals surface area (Å²) in [5.41, 5.74) is 0. The molecule has 0 aromatic heterocycles. The van der Waals surface area contributed by atoms with Crippen molar-refractivity contribution in [2.75, 3.05) is 0 Å². The van der Waals surface area contributed by atoms with E-state index < -0.39 is 0 Å². The molecule has 2 nitrogen and oxygen atoms in total. The van der Waals surface area contributed by atoms with Crippen molar-refractivity contribution < 1.29 is 9.59 Å². The molecule has 0 fully saturated rings. The van der Waals surface area contributed by atoms with Crippen LogP contribution in [-0.4, -0.2) is 11.6 Å². The van der Waals surface area contributed by atoms with Crippen LogP contribution in [0.25, 0.3) is 0 Å². The Labute approximate surface area is 68.0 Å². The van der Waals surface area contributed by atoms with E-state index in [2.05, 4.69) is 20.7 Å². The first-order valence-corrected chi connectivity index (χ1v) is 5.99. The summed E-state index contributed by atoms with van der Waals surface area (Å²) >= 11 is 4.33. The summed E-state index contributed by atoms with van der Waals surface area (Å²) in [6, 6.07) is 0. The standard InChI is InChI=1S/C5H4O2.H2P2S/c6-4-1-2-5(7)3-4;1-2-3/h1-2H,3H2;1H2. The maximum Gasteiger partial charge on any atom is 0.163 e. The maximum atomic E-state index is 10.1. The number of allylic oxidation sites excluding steroid dienone is 2. The number of hydrogen-bond acceptors (Lipinski definition) is 3. The number of carbonyl (C=O) groups is 2. The van der Waals surface area contributed by atoms with Gasteiger partial charge in [-0.1, -0.05) is 20.7 Å². The monoisotopic (exact) mass is 192 g/mol. The van der Waals surface area contributed by atoms with Gasteiger partial charge in [-0.25, -0.2) is 0 Å². The van der Waals surface area contributed by atoms with E-state index in [4.69, 9.17) is 0 Å². The Morgan fingerprint density at radius 2 is 1.70 bits per heavy atom. The lowest BCUT2D eigenvalue weighted by atomic mass is 10.3. The normalized spacial score (nSPS) is 15.3. The fourth-order valence-electron chi connectivity index (χ4n) is 0.475. The van der Waals surface area contributed by atoms with Crippen LogP contribution in [0.5, 0.6) is 0 Å². The van der Waals surface area contributed by atoms with E-state index in [0.717, 1.165) is 7.04 Å². The van der Waals surface area contributed by atoms with Gasteiger partial charge < -0.3 is 0 Å². The van der Waals surface area contributed by atoms with Gasteiger partial charge >= 0.3 is 0 Å². The molecule has 0 aromatic rings. The molecule has 1 atom stereocenters. The van der Waals surface area contributed by atoms with Crippen LogP contribution in [-0.2, 0) is 21.4 Å². The van der Waals surface area contributed by atoms with E-state index in [1.54, 1.807) is 0 Å². The molecule has 1 rings (SSSR count). The third-order valence-corrected chi connectivity index (χ3v) is 0.804. The van der Waals surface area contributed by atoms with E-state index in [9.17, 15) is 9.59 Å². The topological polar surface area (TPSA) is 34.1 Å². The highest BCUT2D eigenvalue weighted by Gasteiger charge is 2.09. The van der Waals surface area contributed by atoms with Crippen LogP contribution in [0.3, 0.4) is 0 Å². The Morgan fingerprint density at radius 3 is 1.80 bits per heavy atom. The minimum atomic E-state index is -0.0787. The number of hydrogen-bond donors (Lipinski definition) is 0. The Kier molecular flexibility index (Phi) is 5.81. The fourth-order valence-corrected chi connectivity index (χ4v) is 0.475. The summed E-state index contributed by atoms with van der Waals surface area (Å²) in [6.45, 7) is 0. The third kappa shape index (κ3) is 4.87. The van der Waals surface area contributed by atoms with Crippen LogP contribution in [0.1, 0.15) is 6.42 Å². The van der Waals surface area contributed by atoms with Gasteiger partial charge in [-0.3, -0.25) is 9.59 Å². The van der Waals surface area contributed by atoms with Gasteiger partial charge in [0.1, 0.15) is 0 Å². The number of ketones is 2. The average Bonchev–Trinajstić information content (AvgIpc) is 2.17. The number of rotatable bonds is 0. The van der Waals surface area contributed by atoms with Crippen molar-refractivity contribution in [3.63, 3.8) is 0 Å². The zero-order valence-electron chi connectivity index (χ0n) is 5.11. The van der Waals surface area contributed by atoms with Gasteiger partial charge in [-0.15, -0.1) is 0 Å². The Morgan fingerprint density at radius 1 is 1.40 bits per heavy atom. The van der Waals surface area contributed by atoms with Crippen LogP contribution in [0.2, 0.25) is 0 Å². The molecule has 0 aromatic carbocycles. The molecule has 0 heterocycles. The number of carbonyl (C=O) groups excluding carboxylic acids is 2. The highest BCUT2D eigenvalue weighted by Crippen LogP contribution is 2.00. The molecule has 0 spiro atoms. The van der Waals surface area contributed by atoms with E-state index in [1.165, 1.54) is 12.2 Å². The van der Waals surface area contributed by atoms with E-state index in [-0.39, 0.29) is 18.0 Å². The first kappa shape index (κ1) is 10.0. The summed E-state index contributed by atoms with van der Waals surface area (Å²) in [5, 5.41) is 0. The van der Waals surface area contributed by atoms with E-state index in [1.807, 2.05) is 0 Å². The molecule has 0 N–H and O–H groups in total. The van der Waals surface area contributed by atoms with Crippen LogP contribution in [0.15, 0.2) is 12.2 Å². The van der Waals surface area contributed by atoms with Crippen LogP contribution < -0.4 is 0 Å². The largest absolute Gasteiger partial charge is 0.294 e. The maximum absolute atomic E-state index is 10.1. The van der Waals surface area contributed by atoms with Crippen molar-refractivity contribution >= 4 is 39.3 Å². The summed E-state index contributed by atoms with van der Waals surface area (Å²) in [7, 11) is 3.28. The zero-order chi connectivity index (χ0) is 7.98. The zero-order valence-corrected chi connectivity index (χ0v) is 7.98. The molecule has 1 aliphatic carbocycles. The Bertz CT molecular complexity index is 172. The molecule has 0 saturated heterocycles. The molecule has 1 aliphatic rings. The Hall–Kier alpha value is 0.0300. The molecule has 1 unspecified atom stereocenters. The molecule has 0 aliphatic heterocycles. The second kappa shape index (κ2) is 5.79. The van der Waals surface area contributed by atoms with Gasteiger partial charge in [0.05, 0.1) is 6.42 Å². The SMILES string of the molecule is O=C1C=CC(=O)C1.PP=S. The molecule has 5 heteroatoms. The average molecular weight is 192 g/mol. The minimum Gasteiger partial charge on any atom is -0.294 e. The van der Waals surface area contributed by atoms with Crippen molar-refractivity contribution in [3.8, 4) is 0 Å². The minimum absolute atomic E-state index is 0.0787. The third-order valence-electron chi connectivity index (χ3n) is 0.804. The van der Waals surface area contributed by atoms with Crippen molar-refractivity contribution in [2.45, 2.75) is 6.42 Å². The van der Waals surface area contributed by atoms with Gasteiger partial charge in [-0.05, 0) is 19.2 Å². The molecule has 0 saturated carbocycles. The van der Waals surface area contributed by atoms with Crippen molar-refractivity contribution in [3.05, 3.63) is 12.2 Å². The lowest BCUT2D eigenvalue weighted by Gasteiger charge is -1.72. The smallest absolute Gasteiger partial charge is 0.163 e. The molecule has 10 heavy (non-hydrogen) atoms. The summed E-state index contributed by atoms with van der Waals surface area (Å²) < 4.78 is 0. The molecule has 54 valence electrons. The Balaban J connectivity index is 0.000000236. The van der Waals surface area contributed by atoms with E-state index >= 15 is 0 Å². The van der Waals surface area contributed by atoms with E-state index in [0.29, 0.717) is 0 Å². The van der Waals surface area contributed by atoms with Gasteiger partial charge in [0.2, 0.25) is 0 Å². The molecule has 0 bridgehead atoms. The van der Waals surface area contributed by atoms with Gasteiger partial charge in [0.25, 0.3) is 0 Å². The second-order valence-corrected chi connectivity index (χ2v) is 4.29. The predicted molar refractivity (Wildman–Crippen MR) is 47.8 cm³/mol. The summed E-state index contributed by atoms with van der Waals surface area (Å²) in [4.78, 5) is 20.3. The highest BCUT2D eigenvalue weighted by atomic mass is 32.6. The van der Waals surface area contributed by atoms with Gasteiger partial charge in [0.15, 0.2) is 11.6 Å². The highest BCUT2D eigenvalue weighted by molar-refractivity contribution is 8.24. The van der Waals surface area contributed by atoms with Crippen LogP contribution in [0, 0.1) is 0 Å². The first-order chi connectivity index (χ1) is 4.70. The molecular formula is C5H6O2P2S. The van der Waals surface area contributed by atoms with Crippen molar-refractivity contribution in [1.82, 2.24) is 0 Å². The van der Waals surface area contributed by atoms with Gasteiger partial charge in [-0.2, -0.15) is 0 Å². The molecule has 0 radical (unpaired) electrons. The fraction of sp³-hybridized carbons (Fsp3) is 0.200. The van der Waals surface area contributed by atoms with Crippen molar-refractivity contribution in [2.24, 2.45) is 0 Å². The quantitative estimate of drug-likeness (QED) is 0.428. The predicted octanol–water partition coefficient (Wildman–Crippen LogP) is 1.27. The first-order valence-electron chi connectivity index (χ1n) is 2.47. The molecular weight excluding hydrogens is 186 g/mol. The van der Waals surface area contributed by atoms with Crippen LogP contribution in [0.4, 0.5) is 0 Å². The molecule has 0 amide bonds. The summed E-state index contributed by atoms with van der Waals surface area (Å²) in [6.07, 6.45) is 2.70. The van der Waals surface area contributed by atoms with Gasteiger partial charge in [0, 0.05) is 0 Å². The second-order valence-electron chi connectivity index (χ2n) is 1.55. The lowest BCUT2D eigenvalue weighted by Crippen LogP contribution is -1.90. The summed E-state index contributed by atoms with van der Waals surface area (Å²) in [5.74, 6) is -0.157. The van der Waals surface area contributed by atoms with Crippen molar-refractivity contribution in [1.29, 1.82) is 0 Å².